The Bertz CT molecular complexity index is 238. The molecular formula is C7H6F2OS2. The smallest absolute Gasteiger partial charge is 0.294 e. The fraction of sp³-hybridized carbons (Fsp3) is 0.143. The summed E-state index contributed by atoms with van der Waals surface area (Å²) in [6.07, 6.45) is 0. The van der Waals surface area contributed by atoms with E-state index in [0.717, 1.165) is 10.8 Å². The van der Waals surface area contributed by atoms with Crippen molar-refractivity contribution in [1.82, 2.24) is 0 Å². The van der Waals surface area contributed by atoms with Crippen LogP contribution in [0.2, 0.25) is 0 Å². The van der Waals surface area contributed by atoms with E-state index < -0.39 is 5.76 Å². The molecular weight excluding hydrogens is 202 g/mol. The number of benzene rings is 1. The number of halogens is 2. The van der Waals surface area contributed by atoms with Crippen molar-refractivity contribution in [3.05, 3.63) is 24.3 Å². The van der Waals surface area contributed by atoms with E-state index in [9.17, 15) is 8.78 Å². The SMILES string of the molecule is Oc1ccc(SSC(F)F)cc1. The summed E-state index contributed by atoms with van der Waals surface area (Å²) in [6.45, 7) is 0. The Balaban J connectivity index is 2.48. The fourth-order valence-electron chi connectivity index (χ4n) is 0.594. The van der Waals surface area contributed by atoms with Crippen molar-refractivity contribution in [1.29, 1.82) is 0 Å². The zero-order valence-electron chi connectivity index (χ0n) is 5.91. The molecule has 5 heteroatoms. The third kappa shape index (κ3) is 3.32. The van der Waals surface area contributed by atoms with Gasteiger partial charge in [0.05, 0.1) is 0 Å². The molecule has 1 aromatic carbocycles. The van der Waals surface area contributed by atoms with Gasteiger partial charge in [-0.25, -0.2) is 0 Å². The Morgan fingerprint density at radius 3 is 2.25 bits per heavy atom. The van der Waals surface area contributed by atoms with E-state index in [1.807, 2.05) is 0 Å². The van der Waals surface area contributed by atoms with Crippen molar-refractivity contribution < 1.29 is 13.9 Å². The highest BCUT2D eigenvalue weighted by Gasteiger charge is 2.03. The van der Waals surface area contributed by atoms with Crippen LogP contribution >= 0.6 is 21.6 Å². The van der Waals surface area contributed by atoms with E-state index in [4.69, 9.17) is 5.11 Å². The quantitative estimate of drug-likeness (QED) is 0.769. The summed E-state index contributed by atoms with van der Waals surface area (Å²) in [4.78, 5) is 0.707. The number of hydrogen-bond donors (Lipinski definition) is 1. The van der Waals surface area contributed by atoms with Gasteiger partial charge >= 0.3 is 0 Å². The van der Waals surface area contributed by atoms with Gasteiger partial charge in [-0.15, -0.1) is 0 Å². The van der Waals surface area contributed by atoms with Crippen LogP contribution < -0.4 is 0 Å². The molecule has 0 aromatic heterocycles. The van der Waals surface area contributed by atoms with Gasteiger partial charge in [-0.1, -0.05) is 10.8 Å². The van der Waals surface area contributed by atoms with Crippen LogP contribution in [0.3, 0.4) is 0 Å². The normalized spacial score (nSPS) is 10.6. The fourth-order valence-corrected chi connectivity index (χ4v) is 1.91. The molecule has 0 bridgehead atoms. The first-order valence-corrected chi connectivity index (χ1v) is 5.30. The Labute approximate surface area is 76.6 Å². The zero-order valence-corrected chi connectivity index (χ0v) is 7.54. The molecule has 0 aliphatic carbocycles. The Morgan fingerprint density at radius 1 is 1.17 bits per heavy atom. The molecule has 1 rings (SSSR count). The monoisotopic (exact) mass is 208 g/mol. The van der Waals surface area contributed by atoms with Gasteiger partial charge < -0.3 is 5.11 Å². The van der Waals surface area contributed by atoms with E-state index in [1.54, 1.807) is 12.1 Å². The first kappa shape index (κ1) is 9.67. The van der Waals surface area contributed by atoms with Crippen LogP contribution in [0.4, 0.5) is 8.78 Å². The van der Waals surface area contributed by atoms with Crippen LogP contribution in [-0.4, -0.2) is 10.9 Å². The summed E-state index contributed by atoms with van der Waals surface area (Å²) >= 11 is 0. The van der Waals surface area contributed by atoms with Crippen LogP contribution in [0.25, 0.3) is 0 Å². The molecule has 66 valence electrons. The highest BCUT2D eigenvalue weighted by molar-refractivity contribution is 8.76. The third-order valence-corrected chi connectivity index (χ3v) is 3.06. The summed E-state index contributed by atoms with van der Waals surface area (Å²) in [6, 6.07) is 6.12. The van der Waals surface area contributed by atoms with Gasteiger partial charge in [0.15, 0.2) is 0 Å². The third-order valence-electron chi connectivity index (χ3n) is 1.05. The van der Waals surface area contributed by atoms with Crippen LogP contribution in [0.5, 0.6) is 5.75 Å². The standard InChI is InChI=1S/C7H6F2OS2/c8-7(9)12-11-6-3-1-5(10)2-4-6/h1-4,7,10H. The predicted molar refractivity (Wildman–Crippen MR) is 47.6 cm³/mol. The maximum absolute atomic E-state index is 11.7. The second kappa shape index (κ2) is 4.57. The molecule has 0 fully saturated rings. The van der Waals surface area contributed by atoms with E-state index in [-0.39, 0.29) is 5.75 Å². The summed E-state index contributed by atoms with van der Waals surface area (Å²) in [7, 11) is 1.48. The molecule has 1 aromatic rings. The number of alkyl halides is 2. The van der Waals surface area contributed by atoms with Crippen molar-refractivity contribution in [2.24, 2.45) is 0 Å². The number of phenols is 1. The summed E-state index contributed by atoms with van der Waals surface area (Å²) in [5.74, 6) is -2.23. The summed E-state index contributed by atoms with van der Waals surface area (Å²) in [5, 5.41) is 8.87. The van der Waals surface area contributed by atoms with E-state index in [1.165, 1.54) is 12.1 Å². The molecule has 0 aliphatic rings. The minimum absolute atomic E-state index is 0.140. The highest BCUT2D eigenvalue weighted by atomic mass is 33.1. The lowest BCUT2D eigenvalue weighted by Gasteiger charge is -1.98. The topological polar surface area (TPSA) is 20.2 Å². The van der Waals surface area contributed by atoms with Gasteiger partial charge in [0.1, 0.15) is 5.75 Å². The summed E-state index contributed by atoms with van der Waals surface area (Å²) in [5.41, 5.74) is 0. The van der Waals surface area contributed by atoms with Gasteiger partial charge in [-0.3, -0.25) is 0 Å². The van der Waals surface area contributed by atoms with Crippen LogP contribution in [0.15, 0.2) is 29.2 Å². The van der Waals surface area contributed by atoms with Gasteiger partial charge in [0.2, 0.25) is 0 Å². The van der Waals surface area contributed by atoms with Crippen LogP contribution in [0.1, 0.15) is 0 Å². The predicted octanol–water partition coefficient (Wildman–Crippen LogP) is 3.36. The molecule has 0 heterocycles. The lowest BCUT2D eigenvalue weighted by Crippen LogP contribution is -1.75. The van der Waals surface area contributed by atoms with Crippen LogP contribution in [0, 0.1) is 0 Å². The summed E-state index contributed by atoms with van der Waals surface area (Å²) < 4.78 is 23.4. The van der Waals surface area contributed by atoms with E-state index in [0.29, 0.717) is 15.7 Å². The van der Waals surface area contributed by atoms with Gasteiger partial charge in [0, 0.05) is 4.90 Å². The minimum Gasteiger partial charge on any atom is -0.508 e. The lowest BCUT2D eigenvalue weighted by molar-refractivity contribution is 0.254. The average Bonchev–Trinajstić information content (AvgIpc) is 2.03. The maximum atomic E-state index is 11.7. The Morgan fingerprint density at radius 2 is 1.75 bits per heavy atom. The minimum atomic E-state index is -2.37. The second-order valence-electron chi connectivity index (χ2n) is 1.93. The molecule has 0 unspecified atom stereocenters. The molecule has 1 nitrogen and oxygen atoms in total. The number of hydrogen-bond acceptors (Lipinski definition) is 3. The van der Waals surface area contributed by atoms with Gasteiger partial charge in [0.25, 0.3) is 5.76 Å². The van der Waals surface area contributed by atoms with Crippen LogP contribution in [-0.2, 0) is 0 Å². The molecule has 12 heavy (non-hydrogen) atoms. The van der Waals surface area contributed by atoms with Gasteiger partial charge in [-0.2, -0.15) is 8.78 Å². The lowest BCUT2D eigenvalue weighted by atomic mass is 10.3. The first-order valence-electron chi connectivity index (χ1n) is 3.09. The Kier molecular flexibility index (Phi) is 3.68. The highest BCUT2D eigenvalue weighted by Crippen LogP contribution is 2.35. The largest absolute Gasteiger partial charge is 0.508 e. The van der Waals surface area contributed by atoms with E-state index in [2.05, 4.69) is 0 Å². The molecule has 0 saturated carbocycles. The number of rotatable bonds is 3. The zero-order chi connectivity index (χ0) is 8.97. The average molecular weight is 208 g/mol. The Hall–Kier alpha value is -0.420. The van der Waals surface area contributed by atoms with Crippen molar-refractivity contribution in [3.8, 4) is 5.75 Å². The number of phenolic OH excluding ortho intramolecular Hbond substituents is 1. The van der Waals surface area contributed by atoms with Crippen molar-refractivity contribution >= 4 is 21.6 Å². The van der Waals surface area contributed by atoms with E-state index >= 15 is 0 Å². The maximum Gasteiger partial charge on any atom is 0.294 e. The van der Waals surface area contributed by atoms with Crippen molar-refractivity contribution in [2.75, 3.05) is 0 Å². The number of aromatic hydroxyl groups is 1. The first-order chi connectivity index (χ1) is 5.68. The molecule has 0 amide bonds. The van der Waals surface area contributed by atoms with Crippen molar-refractivity contribution in [3.63, 3.8) is 0 Å². The molecule has 0 spiro atoms. The second-order valence-corrected chi connectivity index (χ2v) is 4.20. The van der Waals surface area contributed by atoms with Gasteiger partial charge in [-0.05, 0) is 35.1 Å². The van der Waals surface area contributed by atoms with Crippen molar-refractivity contribution in [2.45, 2.75) is 10.7 Å². The molecule has 0 saturated heterocycles. The molecule has 0 aliphatic heterocycles. The molecule has 0 atom stereocenters. The molecule has 1 N–H and O–H groups in total. The molecule has 0 radical (unpaired) electrons.